The average molecular weight is 581 g/mol. The first kappa shape index (κ1) is 30.3. The van der Waals surface area contributed by atoms with E-state index in [1.54, 1.807) is 6.08 Å². The van der Waals surface area contributed by atoms with Crippen LogP contribution in [0.15, 0.2) is 12.2 Å². The van der Waals surface area contributed by atoms with Gasteiger partial charge in [-0.3, -0.25) is 38.6 Å². The van der Waals surface area contributed by atoms with Crippen molar-refractivity contribution in [2.45, 2.75) is 46.5 Å². The molecule has 3 unspecified atom stereocenters. The van der Waals surface area contributed by atoms with Crippen LogP contribution in [0.25, 0.3) is 0 Å². The number of nitrogens with one attached hydrogen (secondary N) is 2. The van der Waals surface area contributed by atoms with Crippen molar-refractivity contribution in [1.29, 1.82) is 0 Å². The quantitative estimate of drug-likeness (QED) is 0.189. The third-order valence-corrected chi connectivity index (χ3v) is 8.26. The summed E-state index contributed by atoms with van der Waals surface area (Å²) in [5.41, 5.74) is -7.27. The molecule has 0 saturated carbocycles. The Morgan fingerprint density at radius 3 is 1.77 bits per heavy atom. The summed E-state index contributed by atoms with van der Waals surface area (Å²) in [4.78, 5) is 84.4. The van der Waals surface area contributed by atoms with Crippen LogP contribution in [0.4, 0.5) is 0 Å². The van der Waals surface area contributed by atoms with Crippen LogP contribution >= 0.6 is 24.4 Å². The number of esters is 2. The molecular weight excluding hydrogens is 548 g/mol. The molecule has 14 heteroatoms. The van der Waals surface area contributed by atoms with Gasteiger partial charge in [-0.15, -0.1) is 0 Å². The lowest BCUT2D eigenvalue weighted by molar-refractivity contribution is -0.186. The first-order valence-corrected chi connectivity index (χ1v) is 13.0. The number of allylic oxidation sites excluding steroid dienone is 2. The summed E-state index contributed by atoms with van der Waals surface area (Å²) >= 11 is 10.3. The molecule has 2 aliphatic heterocycles. The van der Waals surface area contributed by atoms with Gasteiger partial charge in [-0.25, -0.2) is 0 Å². The Bertz CT molecular complexity index is 1210. The van der Waals surface area contributed by atoms with Gasteiger partial charge < -0.3 is 20.1 Å². The zero-order chi connectivity index (χ0) is 29.6. The minimum Gasteiger partial charge on any atom is -0.469 e. The highest BCUT2D eigenvalue weighted by atomic mass is 32.1. The van der Waals surface area contributed by atoms with Crippen LogP contribution in [-0.2, 0) is 38.2 Å². The van der Waals surface area contributed by atoms with Crippen molar-refractivity contribution in [3.8, 4) is 0 Å². The molecule has 0 aromatic rings. The van der Waals surface area contributed by atoms with Gasteiger partial charge >= 0.3 is 11.9 Å². The molecule has 12 nitrogen and oxygen atoms in total. The summed E-state index contributed by atoms with van der Waals surface area (Å²) in [5, 5.41) is 4.46. The number of carbonyl (C=O) groups is 6. The zero-order valence-electron chi connectivity index (χ0n) is 22.7. The van der Waals surface area contributed by atoms with Crippen LogP contribution in [0.2, 0.25) is 0 Å². The van der Waals surface area contributed by atoms with E-state index in [2.05, 4.69) is 10.6 Å². The van der Waals surface area contributed by atoms with Crippen LogP contribution in [0.5, 0.6) is 0 Å². The van der Waals surface area contributed by atoms with Gasteiger partial charge in [-0.2, -0.15) is 0 Å². The first-order chi connectivity index (χ1) is 18.0. The van der Waals surface area contributed by atoms with Gasteiger partial charge in [0.1, 0.15) is 10.8 Å². The van der Waals surface area contributed by atoms with E-state index in [9.17, 15) is 28.8 Å². The number of ether oxygens (including phenoxy) is 2. The van der Waals surface area contributed by atoms with Gasteiger partial charge in [0.25, 0.3) is 0 Å². The predicted octanol–water partition coefficient (Wildman–Crippen LogP) is 0.584. The number of hydrogen-bond acceptors (Lipinski definition) is 10. The van der Waals surface area contributed by atoms with Gasteiger partial charge in [-0.05, 0) is 42.7 Å². The van der Waals surface area contributed by atoms with Crippen LogP contribution < -0.4 is 10.6 Å². The molecule has 2 fully saturated rings. The minimum absolute atomic E-state index is 0.0292. The Balaban J connectivity index is 2.38. The molecule has 39 heavy (non-hydrogen) atoms. The molecule has 212 valence electrons. The Kier molecular flexibility index (Phi) is 8.06. The molecule has 2 saturated heterocycles. The zero-order valence-corrected chi connectivity index (χ0v) is 24.3. The predicted molar refractivity (Wildman–Crippen MR) is 144 cm³/mol. The van der Waals surface area contributed by atoms with Crippen molar-refractivity contribution in [3.05, 3.63) is 12.2 Å². The van der Waals surface area contributed by atoms with Crippen molar-refractivity contribution in [2.75, 3.05) is 27.8 Å². The highest BCUT2D eigenvalue weighted by molar-refractivity contribution is 7.80. The maximum Gasteiger partial charge on any atom is 0.307 e. The Morgan fingerprint density at radius 1 is 0.923 bits per heavy atom. The molecule has 3 atom stereocenters. The lowest BCUT2D eigenvalue weighted by Gasteiger charge is -2.57. The van der Waals surface area contributed by atoms with Crippen LogP contribution in [0, 0.1) is 21.7 Å². The summed E-state index contributed by atoms with van der Waals surface area (Å²) in [6.07, 6.45) is 1.46. The standard InChI is InChI=1S/C25H32N4O8S2/c1-22(2,3)13-37-15(31)12-25(17(33)27-21(39)29(5)19(25)35)23(9-7-8-10-23)24(11-14(30)36-6)16(32)26-20(38)28(4)18(24)34/h7,9H,8,10-13H2,1-6H3,(H,26,32,38)(H,27,33,39). The topological polar surface area (TPSA) is 151 Å². The average Bonchev–Trinajstić information content (AvgIpc) is 3.36. The third-order valence-electron chi connectivity index (χ3n) is 7.51. The summed E-state index contributed by atoms with van der Waals surface area (Å²) < 4.78 is 10.3. The largest absolute Gasteiger partial charge is 0.469 e. The van der Waals surface area contributed by atoms with Crippen molar-refractivity contribution in [1.82, 2.24) is 20.4 Å². The fraction of sp³-hybridized carbons (Fsp3) is 0.600. The molecular formula is C25H32N4O8S2. The lowest BCUT2D eigenvalue weighted by atomic mass is 9.46. The molecule has 1 aliphatic carbocycles. The number of carbonyl (C=O) groups excluding carboxylic acids is 6. The van der Waals surface area contributed by atoms with Crippen LogP contribution in [0.3, 0.4) is 0 Å². The number of rotatable bonds is 7. The Morgan fingerprint density at radius 2 is 1.38 bits per heavy atom. The number of amides is 4. The summed E-state index contributed by atoms with van der Waals surface area (Å²) in [7, 11) is 3.69. The monoisotopic (exact) mass is 580 g/mol. The second-order valence-corrected chi connectivity index (χ2v) is 11.9. The molecule has 0 aromatic heterocycles. The van der Waals surface area contributed by atoms with Crippen molar-refractivity contribution in [2.24, 2.45) is 21.7 Å². The molecule has 0 bridgehead atoms. The van der Waals surface area contributed by atoms with Gasteiger partial charge in [0, 0.05) is 19.5 Å². The SMILES string of the molecule is COC(=O)CC1(C2(C3(CC(=O)OCC(C)(C)C)C(=O)NC(=S)N(C)C3=O)C=CCC2)C(=O)NC(=S)N(C)C1=O. The van der Waals surface area contributed by atoms with Gasteiger partial charge in [0.2, 0.25) is 23.6 Å². The number of nitrogens with zero attached hydrogens (tertiary/aromatic N) is 2. The third kappa shape index (κ3) is 4.62. The van der Waals surface area contributed by atoms with Crippen LogP contribution in [-0.4, -0.2) is 83.4 Å². The summed E-state index contributed by atoms with van der Waals surface area (Å²) in [6, 6.07) is 0. The minimum atomic E-state index is -2.41. The lowest BCUT2D eigenvalue weighted by Crippen LogP contribution is -2.77. The Hall–Kier alpha value is -3.26. The second kappa shape index (κ2) is 10.4. The van der Waals surface area contributed by atoms with Gasteiger partial charge in [0.15, 0.2) is 10.2 Å². The summed E-state index contributed by atoms with van der Waals surface area (Å²) in [6.45, 7) is 5.46. The van der Waals surface area contributed by atoms with Crippen LogP contribution in [0.1, 0.15) is 46.5 Å². The second-order valence-electron chi connectivity index (χ2n) is 11.1. The van der Waals surface area contributed by atoms with E-state index in [4.69, 9.17) is 33.9 Å². The molecule has 0 aromatic carbocycles. The van der Waals surface area contributed by atoms with E-state index in [1.165, 1.54) is 20.2 Å². The molecule has 0 radical (unpaired) electrons. The van der Waals surface area contributed by atoms with Gasteiger partial charge in [0.05, 0.1) is 26.6 Å². The van der Waals surface area contributed by atoms with E-state index >= 15 is 0 Å². The number of hydrogen-bond donors (Lipinski definition) is 2. The maximum absolute atomic E-state index is 14.2. The molecule has 3 rings (SSSR count). The molecule has 4 amide bonds. The van der Waals surface area contributed by atoms with Crippen molar-refractivity contribution < 1.29 is 38.2 Å². The Labute approximate surface area is 236 Å². The highest BCUT2D eigenvalue weighted by Crippen LogP contribution is 2.64. The first-order valence-electron chi connectivity index (χ1n) is 12.2. The van der Waals surface area contributed by atoms with E-state index in [-0.39, 0.29) is 29.7 Å². The van der Waals surface area contributed by atoms with E-state index in [1.807, 2.05) is 20.8 Å². The van der Waals surface area contributed by atoms with Crippen molar-refractivity contribution >= 4 is 70.2 Å². The molecule has 3 aliphatic rings. The number of thiocarbonyl (C=S) groups is 2. The van der Waals surface area contributed by atoms with E-state index in [0.717, 1.165) is 16.9 Å². The van der Waals surface area contributed by atoms with E-state index < -0.39 is 70.1 Å². The smallest absolute Gasteiger partial charge is 0.307 e. The fourth-order valence-electron chi connectivity index (χ4n) is 5.55. The van der Waals surface area contributed by atoms with E-state index in [0.29, 0.717) is 0 Å². The molecule has 2 heterocycles. The number of methoxy groups -OCH3 is 1. The normalized spacial score (nSPS) is 29.4. The van der Waals surface area contributed by atoms with Gasteiger partial charge in [-0.1, -0.05) is 32.9 Å². The van der Waals surface area contributed by atoms with Crippen molar-refractivity contribution in [3.63, 3.8) is 0 Å². The highest BCUT2D eigenvalue weighted by Gasteiger charge is 2.77. The summed E-state index contributed by atoms with van der Waals surface area (Å²) in [5.74, 6) is -5.68. The molecule has 0 spiro atoms. The maximum atomic E-state index is 14.2. The molecule has 2 N–H and O–H groups in total. The fourth-order valence-corrected chi connectivity index (χ4v) is 5.90.